The van der Waals surface area contributed by atoms with Crippen molar-refractivity contribution in [1.82, 2.24) is 14.9 Å². The van der Waals surface area contributed by atoms with Crippen molar-refractivity contribution < 1.29 is 4.79 Å². The molecule has 0 aliphatic heterocycles. The van der Waals surface area contributed by atoms with E-state index >= 15 is 0 Å². The normalized spacial score (nSPS) is 12.2. The molecule has 7 heteroatoms. The molecule has 18 heavy (non-hydrogen) atoms. The largest absolute Gasteiger partial charge is 0.345 e. The van der Waals surface area contributed by atoms with Crippen LogP contribution >= 0.6 is 34.7 Å². The first-order valence-electron chi connectivity index (χ1n) is 5.11. The molecule has 1 aromatic carbocycles. The molecule has 0 bridgehead atoms. The monoisotopic (exact) mass is 301 g/mol. The van der Waals surface area contributed by atoms with Gasteiger partial charge in [-0.2, -0.15) is 0 Å². The second-order valence-electron chi connectivity index (χ2n) is 3.64. The van der Waals surface area contributed by atoms with E-state index in [9.17, 15) is 4.79 Å². The fraction of sp³-hybridized carbons (Fsp3) is 0.182. The lowest BCUT2D eigenvalue weighted by Gasteiger charge is -2.15. The van der Waals surface area contributed by atoms with Gasteiger partial charge in [0.25, 0.3) is 5.91 Å². The van der Waals surface area contributed by atoms with Crippen molar-refractivity contribution in [3.05, 3.63) is 44.9 Å². The predicted octanol–water partition coefficient (Wildman–Crippen LogP) is 3.34. The van der Waals surface area contributed by atoms with Gasteiger partial charge in [0.05, 0.1) is 12.2 Å². The lowest BCUT2D eigenvalue weighted by atomic mass is 10.1. The summed E-state index contributed by atoms with van der Waals surface area (Å²) in [6.45, 7) is 1.85. The summed E-state index contributed by atoms with van der Waals surface area (Å²) in [5.41, 5.74) is 0.812. The molecule has 0 saturated carbocycles. The van der Waals surface area contributed by atoms with Gasteiger partial charge in [0, 0.05) is 10.0 Å². The van der Waals surface area contributed by atoms with Crippen LogP contribution in [0, 0.1) is 0 Å². The number of carbonyl (C=O) groups excluding carboxylic acids is 1. The van der Waals surface area contributed by atoms with Crippen molar-refractivity contribution in [2.24, 2.45) is 0 Å². The zero-order valence-electron chi connectivity index (χ0n) is 9.35. The molecule has 4 nitrogen and oxygen atoms in total. The molecule has 0 aliphatic carbocycles. The molecule has 1 heterocycles. The van der Waals surface area contributed by atoms with Gasteiger partial charge in [-0.3, -0.25) is 4.79 Å². The fourth-order valence-corrected chi connectivity index (χ4v) is 2.46. The summed E-state index contributed by atoms with van der Waals surface area (Å²) >= 11 is 12.9. The van der Waals surface area contributed by atoms with Crippen LogP contribution in [0.5, 0.6) is 0 Å². The Bertz CT molecular complexity index is 559. The van der Waals surface area contributed by atoms with E-state index in [1.807, 2.05) is 6.92 Å². The standard InChI is InChI=1S/C11H9Cl2N3OS/c1-6(8-3-2-7(12)4-9(8)13)15-11(17)10-5-14-16-18-10/h2-6H,1H3,(H,15,17)/t6-/m1/s1. The first kappa shape index (κ1) is 13.3. The van der Waals surface area contributed by atoms with Crippen LogP contribution < -0.4 is 5.32 Å². The van der Waals surface area contributed by atoms with Gasteiger partial charge in [0.2, 0.25) is 0 Å². The van der Waals surface area contributed by atoms with Crippen LogP contribution in [0.4, 0.5) is 0 Å². The van der Waals surface area contributed by atoms with Gasteiger partial charge in [-0.05, 0) is 36.2 Å². The molecule has 0 radical (unpaired) electrons. The number of aromatic nitrogens is 2. The van der Waals surface area contributed by atoms with E-state index in [1.165, 1.54) is 6.20 Å². The Morgan fingerprint density at radius 1 is 1.44 bits per heavy atom. The highest BCUT2D eigenvalue weighted by molar-refractivity contribution is 7.07. The van der Waals surface area contributed by atoms with Gasteiger partial charge < -0.3 is 5.32 Å². The third-order valence-corrected chi connectivity index (χ3v) is 3.59. The number of benzene rings is 1. The number of nitrogens with one attached hydrogen (secondary N) is 1. The maximum atomic E-state index is 11.8. The summed E-state index contributed by atoms with van der Waals surface area (Å²) in [7, 11) is 0. The summed E-state index contributed by atoms with van der Waals surface area (Å²) < 4.78 is 3.64. The van der Waals surface area contributed by atoms with Crippen LogP contribution in [0.3, 0.4) is 0 Å². The summed E-state index contributed by atoms with van der Waals surface area (Å²) in [5.74, 6) is -0.219. The van der Waals surface area contributed by atoms with Crippen molar-refractivity contribution in [1.29, 1.82) is 0 Å². The minimum Gasteiger partial charge on any atom is -0.345 e. The van der Waals surface area contributed by atoms with Crippen LogP contribution in [0.25, 0.3) is 0 Å². The minimum atomic E-state index is -0.219. The highest BCUT2D eigenvalue weighted by Crippen LogP contribution is 2.26. The maximum absolute atomic E-state index is 11.8. The van der Waals surface area contributed by atoms with Gasteiger partial charge >= 0.3 is 0 Å². The van der Waals surface area contributed by atoms with Gasteiger partial charge in [-0.1, -0.05) is 33.8 Å². The Morgan fingerprint density at radius 2 is 2.22 bits per heavy atom. The lowest BCUT2D eigenvalue weighted by molar-refractivity contribution is 0.0944. The van der Waals surface area contributed by atoms with E-state index in [0.717, 1.165) is 17.1 Å². The van der Waals surface area contributed by atoms with Crippen LogP contribution in [0.1, 0.15) is 28.2 Å². The topological polar surface area (TPSA) is 54.9 Å². The lowest BCUT2D eigenvalue weighted by Crippen LogP contribution is -2.26. The van der Waals surface area contributed by atoms with E-state index in [1.54, 1.807) is 18.2 Å². The fourth-order valence-electron chi connectivity index (χ4n) is 1.47. The highest BCUT2D eigenvalue weighted by atomic mass is 35.5. The van der Waals surface area contributed by atoms with Crippen molar-refractivity contribution >= 4 is 40.6 Å². The van der Waals surface area contributed by atoms with Gasteiger partial charge in [-0.15, -0.1) is 5.10 Å². The Labute approximate surface area is 118 Å². The number of hydrogen-bond donors (Lipinski definition) is 1. The van der Waals surface area contributed by atoms with Crippen LogP contribution in [0.2, 0.25) is 10.0 Å². The van der Waals surface area contributed by atoms with E-state index in [4.69, 9.17) is 23.2 Å². The van der Waals surface area contributed by atoms with Gasteiger partial charge in [0.15, 0.2) is 0 Å². The molecule has 0 saturated heterocycles. The molecular formula is C11H9Cl2N3OS. The minimum absolute atomic E-state index is 0.218. The Balaban J connectivity index is 2.12. The molecule has 2 rings (SSSR count). The number of hydrogen-bond acceptors (Lipinski definition) is 4. The molecule has 2 aromatic rings. The molecule has 1 atom stereocenters. The average molecular weight is 302 g/mol. The molecule has 94 valence electrons. The van der Waals surface area contributed by atoms with Crippen molar-refractivity contribution in [3.8, 4) is 0 Å². The molecule has 1 N–H and O–H groups in total. The van der Waals surface area contributed by atoms with E-state index in [0.29, 0.717) is 14.9 Å². The number of carbonyl (C=O) groups is 1. The first-order valence-corrected chi connectivity index (χ1v) is 6.64. The molecule has 0 aliphatic rings. The molecule has 1 aromatic heterocycles. The second-order valence-corrected chi connectivity index (χ2v) is 5.27. The summed E-state index contributed by atoms with van der Waals surface area (Å²) in [4.78, 5) is 12.3. The average Bonchev–Trinajstić information content (AvgIpc) is 2.81. The summed E-state index contributed by atoms with van der Waals surface area (Å²) in [6, 6.07) is 4.96. The van der Waals surface area contributed by atoms with Crippen molar-refractivity contribution in [3.63, 3.8) is 0 Å². The number of rotatable bonds is 3. The smallest absolute Gasteiger partial charge is 0.265 e. The zero-order chi connectivity index (χ0) is 13.1. The van der Waals surface area contributed by atoms with Crippen LogP contribution in [-0.4, -0.2) is 15.5 Å². The number of halogens is 2. The molecule has 0 unspecified atom stereocenters. The Kier molecular flexibility index (Phi) is 4.16. The Morgan fingerprint density at radius 3 is 2.83 bits per heavy atom. The van der Waals surface area contributed by atoms with Gasteiger partial charge in [0.1, 0.15) is 4.88 Å². The number of nitrogens with zero attached hydrogens (tertiary/aromatic N) is 2. The number of amides is 1. The molecule has 0 fully saturated rings. The predicted molar refractivity (Wildman–Crippen MR) is 72.3 cm³/mol. The van der Waals surface area contributed by atoms with E-state index in [2.05, 4.69) is 14.9 Å². The van der Waals surface area contributed by atoms with Crippen LogP contribution in [0.15, 0.2) is 24.4 Å². The Hall–Kier alpha value is -1.17. The van der Waals surface area contributed by atoms with Crippen LogP contribution in [-0.2, 0) is 0 Å². The zero-order valence-corrected chi connectivity index (χ0v) is 11.7. The third kappa shape index (κ3) is 2.98. The van der Waals surface area contributed by atoms with Crippen molar-refractivity contribution in [2.75, 3.05) is 0 Å². The van der Waals surface area contributed by atoms with E-state index < -0.39 is 0 Å². The quantitative estimate of drug-likeness (QED) is 0.946. The third-order valence-electron chi connectivity index (χ3n) is 2.36. The van der Waals surface area contributed by atoms with Crippen molar-refractivity contribution in [2.45, 2.75) is 13.0 Å². The van der Waals surface area contributed by atoms with E-state index in [-0.39, 0.29) is 11.9 Å². The maximum Gasteiger partial charge on any atom is 0.265 e. The highest BCUT2D eigenvalue weighted by Gasteiger charge is 2.15. The summed E-state index contributed by atoms with van der Waals surface area (Å²) in [6.07, 6.45) is 1.43. The molecular weight excluding hydrogens is 293 g/mol. The SMILES string of the molecule is C[C@@H](NC(=O)c1cnns1)c1ccc(Cl)cc1Cl. The first-order chi connectivity index (χ1) is 8.58. The second kappa shape index (κ2) is 5.65. The molecule has 0 spiro atoms. The summed E-state index contributed by atoms with van der Waals surface area (Å²) in [5, 5.41) is 7.53. The molecule has 1 amide bonds. The van der Waals surface area contributed by atoms with Gasteiger partial charge in [-0.25, -0.2) is 0 Å².